The Morgan fingerprint density at radius 2 is 2.25 bits per heavy atom. The summed E-state index contributed by atoms with van der Waals surface area (Å²) in [4.78, 5) is 24.9. The van der Waals surface area contributed by atoms with E-state index in [4.69, 9.17) is 20.4 Å². The number of hydrogen-bond donors (Lipinski definition) is 3. The standard InChI is InChI=1S/C11H10N4O5/c12-2-6-3-15(10(19)14-9(6)18)8-1-7(17)11(4-13,5-16)20-8/h3,7-8,16-17H,1,5H2,(H,14,18,19)/t7-,8+,11+/m0/s1. The Balaban J connectivity index is 2.46. The molecule has 1 aromatic heterocycles. The largest absolute Gasteiger partial charge is 0.392 e. The highest BCUT2D eigenvalue weighted by Crippen LogP contribution is 2.35. The smallest absolute Gasteiger partial charge is 0.330 e. The van der Waals surface area contributed by atoms with E-state index in [0.29, 0.717) is 0 Å². The zero-order valence-corrected chi connectivity index (χ0v) is 10.1. The van der Waals surface area contributed by atoms with Gasteiger partial charge in [-0.15, -0.1) is 0 Å². The van der Waals surface area contributed by atoms with Crippen LogP contribution in [0.2, 0.25) is 0 Å². The third kappa shape index (κ3) is 2.00. The van der Waals surface area contributed by atoms with Crippen molar-refractivity contribution in [3.05, 3.63) is 32.6 Å². The number of nitrogens with zero attached hydrogens (tertiary/aromatic N) is 3. The van der Waals surface area contributed by atoms with E-state index in [1.54, 1.807) is 12.1 Å². The lowest BCUT2D eigenvalue weighted by Crippen LogP contribution is -2.41. The van der Waals surface area contributed by atoms with E-state index in [2.05, 4.69) is 0 Å². The Labute approximate surface area is 111 Å². The van der Waals surface area contributed by atoms with Crippen molar-refractivity contribution in [2.45, 2.75) is 24.4 Å². The Bertz CT molecular complexity index is 724. The number of nitriles is 2. The third-order valence-corrected chi connectivity index (χ3v) is 3.13. The summed E-state index contributed by atoms with van der Waals surface area (Å²) in [5.74, 6) is 0. The van der Waals surface area contributed by atoms with Crippen LogP contribution in [0.15, 0.2) is 15.8 Å². The number of hydrogen-bond acceptors (Lipinski definition) is 7. The molecule has 1 aliphatic rings. The quantitative estimate of drug-likeness (QED) is 0.562. The maximum Gasteiger partial charge on any atom is 0.330 e. The number of aliphatic hydroxyl groups is 2. The van der Waals surface area contributed by atoms with Gasteiger partial charge in [0, 0.05) is 12.6 Å². The first-order valence-corrected chi connectivity index (χ1v) is 5.61. The first-order valence-electron chi connectivity index (χ1n) is 5.61. The van der Waals surface area contributed by atoms with Gasteiger partial charge in [0.05, 0.1) is 6.61 Å². The highest BCUT2D eigenvalue weighted by atomic mass is 16.6. The minimum Gasteiger partial charge on any atom is -0.392 e. The molecule has 1 aliphatic heterocycles. The number of H-pyrrole nitrogens is 1. The molecule has 0 bridgehead atoms. The van der Waals surface area contributed by atoms with E-state index in [1.165, 1.54) is 0 Å². The first-order chi connectivity index (χ1) is 9.47. The van der Waals surface area contributed by atoms with Crippen molar-refractivity contribution < 1.29 is 14.9 Å². The van der Waals surface area contributed by atoms with E-state index in [1.807, 2.05) is 4.98 Å². The van der Waals surface area contributed by atoms with Gasteiger partial charge in [-0.05, 0) is 0 Å². The molecule has 3 N–H and O–H groups in total. The van der Waals surface area contributed by atoms with Crippen LogP contribution in [-0.2, 0) is 4.74 Å². The molecule has 0 radical (unpaired) electrons. The monoisotopic (exact) mass is 278 g/mol. The van der Waals surface area contributed by atoms with Crippen molar-refractivity contribution in [1.29, 1.82) is 10.5 Å². The van der Waals surface area contributed by atoms with E-state index in [9.17, 15) is 14.7 Å². The molecule has 1 aromatic rings. The van der Waals surface area contributed by atoms with Gasteiger partial charge in [0.2, 0.25) is 5.60 Å². The second kappa shape index (κ2) is 4.90. The lowest BCUT2D eigenvalue weighted by atomic mass is 10.00. The molecule has 104 valence electrons. The minimum absolute atomic E-state index is 0.134. The molecule has 3 atom stereocenters. The molecule has 9 nitrogen and oxygen atoms in total. The number of aromatic amines is 1. The summed E-state index contributed by atoms with van der Waals surface area (Å²) in [6.45, 7) is -0.746. The zero-order chi connectivity index (χ0) is 14.9. The average molecular weight is 278 g/mol. The number of aliphatic hydroxyl groups excluding tert-OH is 2. The molecular formula is C11H10N4O5. The Morgan fingerprint density at radius 3 is 2.75 bits per heavy atom. The molecule has 0 amide bonds. The van der Waals surface area contributed by atoms with Crippen LogP contribution >= 0.6 is 0 Å². The highest BCUT2D eigenvalue weighted by Gasteiger charge is 2.49. The molecule has 0 aromatic carbocycles. The molecule has 2 heterocycles. The SMILES string of the molecule is N#Cc1cn([C@H]2C[C@H](O)[C@@](C#N)(CO)O2)c(=O)[nH]c1=O. The summed E-state index contributed by atoms with van der Waals surface area (Å²) in [6, 6.07) is 3.27. The van der Waals surface area contributed by atoms with Crippen molar-refractivity contribution in [1.82, 2.24) is 9.55 Å². The number of aromatic nitrogens is 2. The summed E-state index contributed by atoms with van der Waals surface area (Å²) in [7, 11) is 0. The van der Waals surface area contributed by atoms with Crippen LogP contribution in [0.1, 0.15) is 18.2 Å². The molecule has 0 unspecified atom stereocenters. The maximum atomic E-state index is 11.7. The summed E-state index contributed by atoms with van der Waals surface area (Å²) >= 11 is 0. The molecule has 0 spiro atoms. The van der Waals surface area contributed by atoms with Gasteiger partial charge < -0.3 is 14.9 Å². The molecule has 1 fully saturated rings. The second-order valence-electron chi connectivity index (χ2n) is 4.30. The molecular weight excluding hydrogens is 268 g/mol. The van der Waals surface area contributed by atoms with Crippen molar-refractivity contribution in [2.24, 2.45) is 0 Å². The number of nitrogens with one attached hydrogen (secondary N) is 1. The third-order valence-electron chi connectivity index (χ3n) is 3.13. The molecule has 0 aliphatic carbocycles. The minimum atomic E-state index is -1.83. The molecule has 9 heteroatoms. The van der Waals surface area contributed by atoms with Gasteiger partial charge in [0.15, 0.2) is 0 Å². The van der Waals surface area contributed by atoms with Gasteiger partial charge in [-0.3, -0.25) is 14.3 Å². The van der Waals surface area contributed by atoms with Crippen molar-refractivity contribution in [3.8, 4) is 12.1 Å². The van der Waals surface area contributed by atoms with E-state index >= 15 is 0 Å². The second-order valence-corrected chi connectivity index (χ2v) is 4.30. The van der Waals surface area contributed by atoms with Gasteiger partial charge in [-0.25, -0.2) is 4.79 Å². The first kappa shape index (κ1) is 14.0. The van der Waals surface area contributed by atoms with Gasteiger partial charge in [-0.1, -0.05) is 0 Å². The topological polar surface area (TPSA) is 152 Å². The van der Waals surface area contributed by atoms with E-state index in [-0.39, 0.29) is 12.0 Å². The van der Waals surface area contributed by atoms with Crippen LogP contribution in [0, 0.1) is 22.7 Å². The fourth-order valence-electron chi connectivity index (χ4n) is 1.98. The van der Waals surface area contributed by atoms with Crippen LogP contribution in [-0.4, -0.2) is 38.1 Å². The normalized spacial score (nSPS) is 28.8. The zero-order valence-electron chi connectivity index (χ0n) is 10.1. The molecule has 2 rings (SSSR count). The van der Waals surface area contributed by atoms with Crippen molar-refractivity contribution >= 4 is 0 Å². The fourth-order valence-corrected chi connectivity index (χ4v) is 1.98. The highest BCUT2D eigenvalue weighted by molar-refractivity contribution is 5.22. The summed E-state index contributed by atoms with van der Waals surface area (Å²) in [5.41, 5.74) is -3.80. The Hall–Kier alpha value is -2.46. The predicted molar refractivity (Wildman–Crippen MR) is 62.2 cm³/mol. The van der Waals surface area contributed by atoms with Crippen LogP contribution in [0.5, 0.6) is 0 Å². The summed E-state index contributed by atoms with van der Waals surface area (Å²) < 4.78 is 6.14. The van der Waals surface area contributed by atoms with Crippen molar-refractivity contribution in [3.63, 3.8) is 0 Å². The summed E-state index contributed by atoms with van der Waals surface area (Å²) in [6.07, 6.45) is -1.51. The van der Waals surface area contributed by atoms with Crippen molar-refractivity contribution in [2.75, 3.05) is 6.61 Å². The van der Waals surface area contributed by atoms with Gasteiger partial charge in [-0.2, -0.15) is 10.5 Å². The Morgan fingerprint density at radius 1 is 1.55 bits per heavy atom. The molecule has 0 saturated carbocycles. The predicted octanol–water partition coefficient (Wildman–Crippen LogP) is -2.06. The van der Waals surface area contributed by atoms with Gasteiger partial charge in [0.1, 0.15) is 30.0 Å². The maximum absolute atomic E-state index is 11.7. The fraction of sp³-hybridized carbons (Fsp3) is 0.455. The van der Waals surface area contributed by atoms with Crippen LogP contribution < -0.4 is 11.2 Å². The lowest BCUT2D eigenvalue weighted by Gasteiger charge is -2.21. The van der Waals surface area contributed by atoms with Crippen LogP contribution in [0.3, 0.4) is 0 Å². The average Bonchev–Trinajstić information content (AvgIpc) is 2.76. The van der Waals surface area contributed by atoms with Gasteiger partial charge in [0.25, 0.3) is 5.56 Å². The molecule has 1 saturated heterocycles. The van der Waals surface area contributed by atoms with E-state index in [0.717, 1.165) is 10.8 Å². The van der Waals surface area contributed by atoms with E-state index < -0.39 is 35.8 Å². The van der Waals surface area contributed by atoms with Crippen LogP contribution in [0.4, 0.5) is 0 Å². The lowest BCUT2D eigenvalue weighted by molar-refractivity contribution is -0.0925. The number of rotatable bonds is 2. The van der Waals surface area contributed by atoms with Gasteiger partial charge >= 0.3 is 5.69 Å². The number of ether oxygens (including phenoxy) is 1. The summed E-state index contributed by atoms with van der Waals surface area (Å²) in [5, 5.41) is 36.7. The molecule has 20 heavy (non-hydrogen) atoms. The van der Waals surface area contributed by atoms with Crippen LogP contribution in [0.25, 0.3) is 0 Å². The Kier molecular flexibility index (Phi) is 3.42.